The predicted octanol–water partition coefficient (Wildman–Crippen LogP) is 2.98. The molecule has 0 radical (unpaired) electrons. The van der Waals surface area contributed by atoms with Gasteiger partial charge < -0.3 is 14.6 Å². The maximum absolute atomic E-state index is 13.2. The molecule has 3 aromatic rings. The zero-order valence-electron chi connectivity index (χ0n) is 16.6. The first-order valence-electron chi connectivity index (χ1n) is 10.0. The Bertz CT molecular complexity index is 1070. The van der Waals surface area contributed by atoms with Gasteiger partial charge in [0.15, 0.2) is 0 Å². The molecule has 150 valence electrons. The van der Waals surface area contributed by atoms with Crippen LogP contribution in [0.1, 0.15) is 29.8 Å². The van der Waals surface area contributed by atoms with Gasteiger partial charge in [-0.2, -0.15) is 0 Å². The van der Waals surface area contributed by atoms with E-state index in [2.05, 4.69) is 9.97 Å². The molecule has 0 spiro atoms. The van der Waals surface area contributed by atoms with Crippen molar-refractivity contribution in [2.24, 2.45) is 0 Å². The van der Waals surface area contributed by atoms with Crippen molar-refractivity contribution in [2.45, 2.75) is 38.8 Å². The third-order valence-electron chi connectivity index (χ3n) is 5.41. The molecule has 1 aliphatic rings. The van der Waals surface area contributed by atoms with E-state index in [1.54, 1.807) is 11.0 Å². The summed E-state index contributed by atoms with van der Waals surface area (Å²) in [4.78, 5) is 34.7. The van der Waals surface area contributed by atoms with E-state index in [4.69, 9.17) is 4.74 Å². The molecule has 1 amide bonds. The van der Waals surface area contributed by atoms with E-state index in [1.165, 1.54) is 0 Å². The Balaban J connectivity index is 1.59. The molecule has 1 atom stereocenters. The molecule has 0 bridgehead atoms. The number of hydrogen-bond acceptors (Lipinski definition) is 4. The van der Waals surface area contributed by atoms with Crippen LogP contribution < -0.4 is 5.56 Å². The number of rotatable bonds is 6. The molecule has 6 nitrogen and oxygen atoms in total. The summed E-state index contributed by atoms with van der Waals surface area (Å²) >= 11 is 0. The van der Waals surface area contributed by atoms with Crippen LogP contribution in [0.15, 0.2) is 53.3 Å². The zero-order valence-corrected chi connectivity index (χ0v) is 16.6. The summed E-state index contributed by atoms with van der Waals surface area (Å²) in [5.41, 5.74) is 2.55. The van der Waals surface area contributed by atoms with Crippen LogP contribution in [0.5, 0.6) is 0 Å². The molecule has 1 fully saturated rings. The lowest BCUT2D eigenvalue weighted by atomic mass is 10.1. The quantitative estimate of drug-likeness (QED) is 0.701. The minimum absolute atomic E-state index is 0.00519. The fourth-order valence-electron chi connectivity index (χ4n) is 3.76. The maximum Gasteiger partial charge on any atom is 0.258 e. The Morgan fingerprint density at radius 2 is 2.00 bits per heavy atom. The molecule has 1 aliphatic heterocycles. The highest BCUT2D eigenvalue weighted by molar-refractivity contribution is 5.79. The largest absolute Gasteiger partial charge is 0.376 e. The van der Waals surface area contributed by atoms with Gasteiger partial charge in [0.2, 0.25) is 5.91 Å². The van der Waals surface area contributed by atoms with E-state index < -0.39 is 0 Å². The van der Waals surface area contributed by atoms with Gasteiger partial charge in [0.1, 0.15) is 5.82 Å². The fourth-order valence-corrected chi connectivity index (χ4v) is 3.76. The van der Waals surface area contributed by atoms with Crippen LogP contribution in [0.25, 0.3) is 10.9 Å². The van der Waals surface area contributed by atoms with E-state index >= 15 is 0 Å². The van der Waals surface area contributed by atoms with Crippen molar-refractivity contribution in [3.05, 3.63) is 75.8 Å². The number of aromatic amines is 1. The van der Waals surface area contributed by atoms with Crippen LogP contribution in [0.4, 0.5) is 0 Å². The highest BCUT2D eigenvalue weighted by Crippen LogP contribution is 2.17. The standard InChI is InChI=1S/C23H25N3O3/c1-16-7-2-3-8-17(16)13-22(27)26(14-18-9-6-12-29-18)15-21-24-20-11-5-4-10-19(20)23(28)25-21/h2-5,7-8,10-11,18H,6,9,12-15H2,1H3,(H,24,25,28). The third-order valence-corrected chi connectivity index (χ3v) is 5.41. The van der Waals surface area contributed by atoms with Crippen LogP contribution in [0.2, 0.25) is 0 Å². The summed E-state index contributed by atoms with van der Waals surface area (Å²) in [6.07, 6.45) is 2.30. The molecule has 4 rings (SSSR count). The van der Waals surface area contributed by atoms with Crippen molar-refractivity contribution in [1.82, 2.24) is 14.9 Å². The van der Waals surface area contributed by atoms with E-state index in [0.717, 1.165) is 30.6 Å². The lowest BCUT2D eigenvalue weighted by Gasteiger charge is -2.25. The SMILES string of the molecule is Cc1ccccc1CC(=O)N(Cc1nc2ccccc2c(=O)[nH]1)CC1CCCO1. The molecule has 1 N–H and O–H groups in total. The first kappa shape index (κ1) is 19.3. The highest BCUT2D eigenvalue weighted by atomic mass is 16.5. The summed E-state index contributed by atoms with van der Waals surface area (Å²) in [5.74, 6) is 0.496. The van der Waals surface area contributed by atoms with E-state index in [0.29, 0.717) is 29.7 Å². The number of carbonyl (C=O) groups is 1. The van der Waals surface area contributed by atoms with Crippen LogP contribution in [-0.4, -0.2) is 40.0 Å². The van der Waals surface area contributed by atoms with Gasteiger partial charge in [-0.1, -0.05) is 36.4 Å². The monoisotopic (exact) mass is 391 g/mol. The number of aromatic nitrogens is 2. The number of nitrogens with one attached hydrogen (secondary N) is 1. The average molecular weight is 391 g/mol. The van der Waals surface area contributed by atoms with Crippen molar-refractivity contribution in [2.75, 3.05) is 13.2 Å². The van der Waals surface area contributed by atoms with Crippen LogP contribution in [0.3, 0.4) is 0 Å². The number of amides is 1. The van der Waals surface area contributed by atoms with Gasteiger partial charge in [-0.25, -0.2) is 4.98 Å². The number of benzene rings is 2. The van der Waals surface area contributed by atoms with Crippen LogP contribution >= 0.6 is 0 Å². The molecule has 2 heterocycles. The lowest BCUT2D eigenvalue weighted by Crippen LogP contribution is -2.38. The van der Waals surface area contributed by atoms with Gasteiger partial charge in [-0.3, -0.25) is 9.59 Å². The summed E-state index contributed by atoms with van der Waals surface area (Å²) in [6, 6.07) is 15.1. The molecule has 0 saturated carbocycles. The topological polar surface area (TPSA) is 75.3 Å². The minimum atomic E-state index is -0.186. The maximum atomic E-state index is 13.2. The van der Waals surface area contributed by atoms with E-state index in [9.17, 15) is 9.59 Å². The van der Waals surface area contributed by atoms with Crippen molar-refractivity contribution in [3.8, 4) is 0 Å². The van der Waals surface area contributed by atoms with E-state index in [1.807, 2.05) is 49.4 Å². The minimum Gasteiger partial charge on any atom is -0.376 e. The van der Waals surface area contributed by atoms with Gasteiger partial charge in [-0.15, -0.1) is 0 Å². The lowest BCUT2D eigenvalue weighted by molar-refractivity contribution is -0.132. The highest BCUT2D eigenvalue weighted by Gasteiger charge is 2.24. The second-order valence-electron chi connectivity index (χ2n) is 7.54. The first-order chi connectivity index (χ1) is 14.1. The number of carbonyl (C=O) groups excluding carboxylic acids is 1. The molecule has 1 saturated heterocycles. The Morgan fingerprint density at radius 1 is 1.21 bits per heavy atom. The summed E-state index contributed by atoms with van der Waals surface area (Å²) in [7, 11) is 0. The van der Waals surface area contributed by atoms with Gasteiger partial charge in [0.05, 0.1) is 30.0 Å². The first-order valence-corrected chi connectivity index (χ1v) is 10.0. The molecular formula is C23H25N3O3. The third kappa shape index (κ3) is 4.54. The smallest absolute Gasteiger partial charge is 0.258 e. The van der Waals surface area contributed by atoms with Crippen LogP contribution in [0, 0.1) is 6.92 Å². The Kier molecular flexibility index (Phi) is 5.71. The zero-order chi connectivity index (χ0) is 20.2. The van der Waals surface area contributed by atoms with Gasteiger partial charge in [0.25, 0.3) is 5.56 Å². The normalized spacial score (nSPS) is 16.2. The molecule has 6 heteroatoms. The number of H-pyrrole nitrogens is 1. The van der Waals surface area contributed by atoms with Gasteiger partial charge in [0, 0.05) is 13.2 Å². The molecule has 29 heavy (non-hydrogen) atoms. The van der Waals surface area contributed by atoms with Crippen LogP contribution in [-0.2, 0) is 22.5 Å². The second-order valence-corrected chi connectivity index (χ2v) is 7.54. The summed E-state index contributed by atoms with van der Waals surface area (Å²) in [6.45, 7) is 3.50. The Morgan fingerprint density at radius 3 is 2.79 bits per heavy atom. The number of fused-ring (bicyclic) bond motifs is 1. The van der Waals surface area contributed by atoms with Crippen molar-refractivity contribution >= 4 is 16.8 Å². The van der Waals surface area contributed by atoms with Gasteiger partial charge in [-0.05, 0) is 43.0 Å². The molecule has 2 aromatic carbocycles. The number of nitrogens with zero attached hydrogens (tertiary/aromatic N) is 2. The Hall–Kier alpha value is -2.99. The number of aryl methyl sites for hydroxylation is 1. The fraction of sp³-hybridized carbons (Fsp3) is 0.348. The predicted molar refractivity (Wildman–Crippen MR) is 112 cm³/mol. The van der Waals surface area contributed by atoms with Crippen molar-refractivity contribution in [1.29, 1.82) is 0 Å². The molecular weight excluding hydrogens is 366 g/mol. The van der Waals surface area contributed by atoms with Crippen molar-refractivity contribution < 1.29 is 9.53 Å². The number of hydrogen-bond donors (Lipinski definition) is 1. The number of para-hydroxylation sites is 1. The molecule has 0 aliphatic carbocycles. The molecule has 1 aromatic heterocycles. The average Bonchev–Trinajstić information content (AvgIpc) is 3.22. The van der Waals surface area contributed by atoms with Crippen molar-refractivity contribution in [3.63, 3.8) is 0 Å². The Labute approximate surface area is 169 Å². The number of ether oxygens (including phenoxy) is 1. The summed E-state index contributed by atoms with van der Waals surface area (Å²) < 4.78 is 5.75. The summed E-state index contributed by atoms with van der Waals surface area (Å²) in [5, 5.41) is 0.549. The second kappa shape index (κ2) is 8.57. The van der Waals surface area contributed by atoms with E-state index in [-0.39, 0.29) is 24.1 Å². The van der Waals surface area contributed by atoms with Gasteiger partial charge >= 0.3 is 0 Å². The molecule has 1 unspecified atom stereocenters.